The van der Waals surface area contributed by atoms with Crippen LogP contribution in [0.1, 0.15) is 33.1 Å². The van der Waals surface area contributed by atoms with E-state index < -0.39 is 16.1 Å². The normalized spacial score (nSPS) is 12.5. The Morgan fingerprint density at radius 3 is 2.35 bits per heavy atom. The molecule has 1 amide bonds. The predicted molar refractivity (Wildman–Crippen MR) is 92.3 cm³/mol. The fraction of sp³-hybridized carbons (Fsp3) is 0.562. The smallest absolute Gasteiger partial charge is 0.243 e. The van der Waals surface area contributed by atoms with Crippen molar-refractivity contribution >= 4 is 21.6 Å². The van der Waals surface area contributed by atoms with Crippen LogP contribution >= 0.6 is 0 Å². The van der Waals surface area contributed by atoms with Crippen molar-refractivity contribution in [1.29, 1.82) is 0 Å². The van der Waals surface area contributed by atoms with E-state index in [0.717, 1.165) is 29.8 Å². The standard InChI is InChI=1S/C16H26N2O4S/c1-5-6-7-12-17-16(19)13(2)18(23(4,20)21)14-8-10-15(22-3)11-9-14/h8-11,13H,5-7,12H2,1-4H3,(H,17,19)/t13-/m1/s1. The Morgan fingerprint density at radius 2 is 1.87 bits per heavy atom. The van der Waals surface area contributed by atoms with Gasteiger partial charge in [0, 0.05) is 6.54 Å². The molecule has 0 heterocycles. The molecule has 0 spiro atoms. The topological polar surface area (TPSA) is 75.7 Å². The molecule has 23 heavy (non-hydrogen) atoms. The van der Waals surface area contributed by atoms with Crippen molar-refractivity contribution < 1.29 is 17.9 Å². The van der Waals surface area contributed by atoms with Crippen LogP contribution in [-0.4, -0.2) is 40.3 Å². The van der Waals surface area contributed by atoms with E-state index >= 15 is 0 Å². The fourth-order valence-electron chi connectivity index (χ4n) is 2.27. The Labute approximate surface area is 138 Å². The van der Waals surface area contributed by atoms with E-state index in [1.807, 2.05) is 0 Å². The maximum Gasteiger partial charge on any atom is 0.243 e. The summed E-state index contributed by atoms with van der Waals surface area (Å²) in [7, 11) is -2.05. The van der Waals surface area contributed by atoms with Gasteiger partial charge in [0.15, 0.2) is 0 Å². The van der Waals surface area contributed by atoms with Crippen molar-refractivity contribution in [2.24, 2.45) is 0 Å². The Hall–Kier alpha value is -1.76. The maximum absolute atomic E-state index is 12.2. The van der Waals surface area contributed by atoms with E-state index in [1.54, 1.807) is 31.2 Å². The first-order chi connectivity index (χ1) is 10.8. The predicted octanol–water partition coefficient (Wildman–Crippen LogP) is 2.16. The highest BCUT2D eigenvalue weighted by Crippen LogP contribution is 2.23. The number of unbranched alkanes of at least 4 members (excludes halogenated alkanes) is 2. The summed E-state index contributed by atoms with van der Waals surface area (Å²) in [6.07, 6.45) is 4.07. The molecular weight excluding hydrogens is 316 g/mol. The molecule has 130 valence electrons. The molecule has 0 aliphatic rings. The van der Waals surface area contributed by atoms with Crippen LogP contribution in [0.3, 0.4) is 0 Å². The summed E-state index contributed by atoms with van der Waals surface area (Å²) in [4.78, 5) is 12.2. The number of anilines is 1. The van der Waals surface area contributed by atoms with E-state index in [4.69, 9.17) is 4.74 Å². The highest BCUT2D eigenvalue weighted by atomic mass is 32.2. The maximum atomic E-state index is 12.2. The summed E-state index contributed by atoms with van der Waals surface area (Å²) < 4.78 is 30.4. The summed E-state index contributed by atoms with van der Waals surface area (Å²) in [6.45, 7) is 4.22. The number of methoxy groups -OCH3 is 1. The molecule has 7 heteroatoms. The second-order valence-electron chi connectivity index (χ2n) is 5.43. The molecule has 0 unspecified atom stereocenters. The second kappa shape index (κ2) is 8.76. The molecule has 0 fully saturated rings. The molecular formula is C16H26N2O4S. The lowest BCUT2D eigenvalue weighted by Gasteiger charge is -2.28. The third-order valence-corrected chi connectivity index (χ3v) is 4.74. The van der Waals surface area contributed by atoms with Crippen LogP contribution in [0.4, 0.5) is 5.69 Å². The minimum Gasteiger partial charge on any atom is -0.497 e. The summed E-state index contributed by atoms with van der Waals surface area (Å²) in [6, 6.07) is 5.76. The number of hydrogen-bond acceptors (Lipinski definition) is 4. The number of amides is 1. The van der Waals surface area contributed by atoms with Crippen molar-refractivity contribution in [2.45, 2.75) is 39.2 Å². The molecule has 0 saturated carbocycles. The lowest BCUT2D eigenvalue weighted by Crippen LogP contribution is -2.48. The van der Waals surface area contributed by atoms with E-state index in [-0.39, 0.29) is 5.91 Å². The Bertz CT molecular complexity index is 599. The van der Waals surface area contributed by atoms with Crippen molar-refractivity contribution in [2.75, 3.05) is 24.2 Å². The molecule has 0 saturated heterocycles. The van der Waals surface area contributed by atoms with Crippen molar-refractivity contribution in [1.82, 2.24) is 5.32 Å². The average Bonchev–Trinajstić information content (AvgIpc) is 2.50. The van der Waals surface area contributed by atoms with Crippen LogP contribution in [0.25, 0.3) is 0 Å². The molecule has 1 atom stereocenters. The minimum atomic E-state index is -3.59. The Morgan fingerprint density at radius 1 is 1.26 bits per heavy atom. The van der Waals surface area contributed by atoms with Gasteiger partial charge in [0.05, 0.1) is 19.1 Å². The van der Waals surface area contributed by atoms with Crippen molar-refractivity contribution in [3.8, 4) is 5.75 Å². The van der Waals surface area contributed by atoms with E-state index in [0.29, 0.717) is 18.0 Å². The van der Waals surface area contributed by atoms with Crippen LogP contribution in [-0.2, 0) is 14.8 Å². The number of benzene rings is 1. The van der Waals surface area contributed by atoms with Gasteiger partial charge in [0.1, 0.15) is 11.8 Å². The number of nitrogens with zero attached hydrogens (tertiary/aromatic N) is 1. The quantitative estimate of drug-likeness (QED) is 0.698. The highest BCUT2D eigenvalue weighted by Gasteiger charge is 2.28. The monoisotopic (exact) mass is 342 g/mol. The third-order valence-electron chi connectivity index (χ3n) is 3.49. The molecule has 1 rings (SSSR count). The number of hydrogen-bond donors (Lipinski definition) is 1. The fourth-order valence-corrected chi connectivity index (χ4v) is 3.45. The molecule has 0 aromatic heterocycles. The molecule has 6 nitrogen and oxygen atoms in total. The van der Waals surface area contributed by atoms with Crippen LogP contribution in [0.5, 0.6) is 5.75 Å². The number of sulfonamides is 1. The van der Waals surface area contributed by atoms with Gasteiger partial charge in [-0.05, 0) is 37.6 Å². The van der Waals surface area contributed by atoms with Gasteiger partial charge in [-0.3, -0.25) is 9.10 Å². The van der Waals surface area contributed by atoms with Gasteiger partial charge in [-0.1, -0.05) is 19.8 Å². The zero-order valence-electron chi connectivity index (χ0n) is 14.2. The van der Waals surface area contributed by atoms with Gasteiger partial charge in [-0.25, -0.2) is 8.42 Å². The molecule has 1 aromatic rings. The first-order valence-electron chi connectivity index (χ1n) is 7.72. The molecule has 1 N–H and O–H groups in total. The minimum absolute atomic E-state index is 0.303. The van der Waals surface area contributed by atoms with E-state index in [1.165, 1.54) is 7.11 Å². The van der Waals surface area contributed by atoms with Gasteiger partial charge in [0.2, 0.25) is 15.9 Å². The Balaban J connectivity index is 2.91. The third kappa shape index (κ3) is 5.74. The summed E-state index contributed by atoms with van der Waals surface area (Å²) >= 11 is 0. The van der Waals surface area contributed by atoms with Gasteiger partial charge >= 0.3 is 0 Å². The first kappa shape index (κ1) is 19.3. The number of carbonyl (C=O) groups is 1. The van der Waals surface area contributed by atoms with Crippen LogP contribution in [0.15, 0.2) is 24.3 Å². The first-order valence-corrected chi connectivity index (χ1v) is 9.57. The SMILES string of the molecule is CCCCCNC(=O)[C@@H](C)N(c1ccc(OC)cc1)S(C)(=O)=O. The van der Waals surface area contributed by atoms with E-state index in [2.05, 4.69) is 12.2 Å². The molecule has 0 aliphatic carbocycles. The van der Waals surface area contributed by atoms with Crippen LogP contribution < -0.4 is 14.4 Å². The number of nitrogens with one attached hydrogen (secondary N) is 1. The zero-order valence-corrected chi connectivity index (χ0v) is 15.0. The van der Waals surface area contributed by atoms with Gasteiger partial charge in [-0.2, -0.15) is 0 Å². The van der Waals surface area contributed by atoms with Gasteiger partial charge in [-0.15, -0.1) is 0 Å². The average molecular weight is 342 g/mol. The number of ether oxygens (including phenoxy) is 1. The molecule has 0 radical (unpaired) electrons. The lowest BCUT2D eigenvalue weighted by atomic mass is 10.2. The molecule has 0 bridgehead atoms. The summed E-state index contributed by atoms with van der Waals surface area (Å²) in [5, 5.41) is 2.79. The summed E-state index contributed by atoms with van der Waals surface area (Å²) in [5.74, 6) is 0.321. The molecule has 1 aromatic carbocycles. The van der Waals surface area contributed by atoms with Crippen LogP contribution in [0, 0.1) is 0 Å². The van der Waals surface area contributed by atoms with Crippen molar-refractivity contribution in [3.05, 3.63) is 24.3 Å². The lowest BCUT2D eigenvalue weighted by molar-refractivity contribution is -0.121. The Kier molecular flexibility index (Phi) is 7.35. The summed E-state index contributed by atoms with van der Waals surface area (Å²) in [5.41, 5.74) is 0.435. The largest absolute Gasteiger partial charge is 0.497 e. The van der Waals surface area contributed by atoms with Gasteiger partial charge in [0.25, 0.3) is 0 Å². The number of carbonyl (C=O) groups excluding carboxylic acids is 1. The van der Waals surface area contributed by atoms with Crippen LogP contribution in [0.2, 0.25) is 0 Å². The zero-order chi connectivity index (χ0) is 17.5. The molecule has 0 aliphatic heterocycles. The van der Waals surface area contributed by atoms with Gasteiger partial charge < -0.3 is 10.1 Å². The van der Waals surface area contributed by atoms with E-state index in [9.17, 15) is 13.2 Å². The van der Waals surface area contributed by atoms with Crippen molar-refractivity contribution in [3.63, 3.8) is 0 Å². The number of rotatable bonds is 9. The second-order valence-corrected chi connectivity index (χ2v) is 7.29. The highest BCUT2D eigenvalue weighted by molar-refractivity contribution is 7.92.